The zero-order valence-corrected chi connectivity index (χ0v) is 16.6. The van der Waals surface area contributed by atoms with Crippen LogP contribution in [0.1, 0.15) is 35.9 Å². The highest BCUT2D eigenvalue weighted by Crippen LogP contribution is 2.20. The molecule has 0 aliphatic heterocycles. The minimum atomic E-state index is -1.05. The Morgan fingerprint density at radius 1 is 1.00 bits per heavy atom. The lowest BCUT2D eigenvalue weighted by Crippen LogP contribution is -2.38. The van der Waals surface area contributed by atoms with Crippen LogP contribution in [0.3, 0.4) is 0 Å². The van der Waals surface area contributed by atoms with Crippen LogP contribution in [0.15, 0.2) is 54.6 Å². The fourth-order valence-corrected chi connectivity index (χ4v) is 2.74. The Morgan fingerprint density at radius 3 is 2.18 bits per heavy atom. The lowest BCUT2D eigenvalue weighted by molar-refractivity contribution is -0.160. The molecule has 0 spiro atoms. The van der Waals surface area contributed by atoms with Crippen LogP contribution in [0.25, 0.3) is 0 Å². The Kier molecular flexibility index (Phi) is 8.02. The minimum Gasteiger partial charge on any atom is -0.446 e. The molecule has 2 aromatic carbocycles. The van der Waals surface area contributed by atoms with Crippen LogP contribution in [-0.2, 0) is 14.3 Å². The first-order valence-corrected chi connectivity index (χ1v) is 9.41. The van der Waals surface area contributed by atoms with Gasteiger partial charge in [0, 0.05) is 29.2 Å². The number of esters is 1. The average molecular weight is 403 g/mol. The van der Waals surface area contributed by atoms with Crippen molar-refractivity contribution in [3.63, 3.8) is 0 Å². The summed E-state index contributed by atoms with van der Waals surface area (Å²) in [6, 6.07) is 15.1. The van der Waals surface area contributed by atoms with Crippen molar-refractivity contribution >= 4 is 29.4 Å². The van der Waals surface area contributed by atoms with Gasteiger partial charge >= 0.3 is 5.97 Å². The van der Waals surface area contributed by atoms with Gasteiger partial charge in [0.1, 0.15) is 6.54 Å². The monoisotopic (exact) mass is 402 g/mol. The van der Waals surface area contributed by atoms with E-state index in [1.54, 1.807) is 53.4 Å². The molecule has 1 atom stereocenters. The summed E-state index contributed by atoms with van der Waals surface area (Å²) in [5.74, 6) is -1.43. The SMILES string of the molecule is CCN(CC)C(=O)[C@H](OC(=O)CNC(=O)c1ccc(Cl)cc1)c1ccccc1. The topological polar surface area (TPSA) is 75.7 Å². The van der Waals surface area contributed by atoms with Crippen molar-refractivity contribution in [2.75, 3.05) is 19.6 Å². The fourth-order valence-electron chi connectivity index (χ4n) is 2.62. The Hall–Kier alpha value is -2.86. The van der Waals surface area contributed by atoms with Gasteiger partial charge in [-0.05, 0) is 38.1 Å². The van der Waals surface area contributed by atoms with Crippen molar-refractivity contribution in [3.05, 3.63) is 70.7 Å². The maximum Gasteiger partial charge on any atom is 0.326 e. The van der Waals surface area contributed by atoms with E-state index in [0.717, 1.165) is 0 Å². The third-order valence-electron chi connectivity index (χ3n) is 4.15. The molecule has 2 rings (SSSR count). The smallest absolute Gasteiger partial charge is 0.326 e. The zero-order chi connectivity index (χ0) is 20.5. The molecule has 0 fully saturated rings. The summed E-state index contributed by atoms with van der Waals surface area (Å²) in [7, 11) is 0. The summed E-state index contributed by atoms with van der Waals surface area (Å²) in [5.41, 5.74) is 0.952. The fraction of sp³-hybridized carbons (Fsp3) is 0.286. The number of carbonyl (C=O) groups is 3. The van der Waals surface area contributed by atoms with Crippen molar-refractivity contribution < 1.29 is 19.1 Å². The van der Waals surface area contributed by atoms with E-state index < -0.39 is 18.0 Å². The van der Waals surface area contributed by atoms with Crippen LogP contribution in [0, 0.1) is 0 Å². The molecule has 1 N–H and O–H groups in total. The van der Waals surface area contributed by atoms with Crippen LogP contribution < -0.4 is 5.32 Å². The first-order valence-electron chi connectivity index (χ1n) is 9.03. The number of nitrogens with one attached hydrogen (secondary N) is 1. The van der Waals surface area contributed by atoms with Gasteiger partial charge in [-0.1, -0.05) is 41.9 Å². The van der Waals surface area contributed by atoms with Crippen molar-refractivity contribution in [1.29, 1.82) is 0 Å². The van der Waals surface area contributed by atoms with Crippen LogP contribution in [0.4, 0.5) is 0 Å². The van der Waals surface area contributed by atoms with Gasteiger partial charge < -0.3 is 15.0 Å². The number of benzene rings is 2. The number of likely N-dealkylation sites (N-methyl/N-ethyl adjacent to an activating group) is 1. The van der Waals surface area contributed by atoms with Crippen molar-refractivity contribution in [3.8, 4) is 0 Å². The standard InChI is InChI=1S/C21H23ClN2O4/c1-3-24(4-2)21(27)19(15-8-6-5-7-9-15)28-18(25)14-23-20(26)16-10-12-17(22)13-11-16/h5-13,19H,3-4,14H2,1-2H3,(H,23,26)/t19-/m1/s1. The number of carbonyl (C=O) groups excluding carboxylic acids is 3. The predicted molar refractivity (Wildman–Crippen MR) is 107 cm³/mol. The summed E-state index contributed by atoms with van der Waals surface area (Å²) in [6.45, 7) is 4.37. The Bertz CT molecular complexity index is 805. The molecule has 148 valence electrons. The third kappa shape index (κ3) is 5.82. The molecule has 28 heavy (non-hydrogen) atoms. The number of hydrogen-bond acceptors (Lipinski definition) is 4. The van der Waals surface area contributed by atoms with Gasteiger partial charge in [0.05, 0.1) is 0 Å². The van der Waals surface area contributed by atoms with Crippen molar-refractivity contribution in [2.24, 2.45) is 0 Å². The summed E-state index contributed by atoms with van der Waals surface area (Å²) >= 11 is 5.80. The van der Waals surface area contributed by atoms with E-state index in [2.05, 4.69) is 5.32 Å². The summed E-state index contributed by atoms with van der Waals surface area (Å²) in [5, 5.41) is 3.00. The van der Waals surface area contributed by atoms with E-state index in [1.807, 2.05) is 19.9 Å². The van der Waals surface area contributed by atoms with Crippen LogP contribution in [-0.4, -0.2) is 42.3 Å². The van der Waals surface area contributed by atoms with E-state index in [1.165, 1.54) is 0 Å². The number of amides is 2. The van der Waals surface area contributed by atoms with Gasteiger partial charge in [0.2, 0.25) is 6.10 Å². The van der Waals surface area contributed by atoms with Gasteiger partial charge in [-0.15, -0.1) is 0 Å². The summed E-state index contributed by atoms with van der Waals surface area (Å²) in [6.07, 6.45) is -1.05. The highest BCUT2D eigenvalue weighted by molar-refractivity contribution is 6.30. The second-order valence-electron chi connectivity index (χ2n) is 5.98. The van der Waals surface area contributed by atoms with Crippen LogP contribution in [0.2, 0.25) is 5.02 Å². The first kappa shape index (κ1) is 21.4. The zero-order valence-electron chi connectivity index (χ0n) is 15.9. The van der Waals surface area contributed by atoms with Gasteiger partial charge in [-0.25, -0.2) is 0 Å². The molecule has 6 nitrogen and oxygen atoms in total. The molecule has 0 aliphatic carbocycles. The van der Waals surface area contributed by atoms with Gasteiger partial charge in [-0.2, -0.15) is 0 Å². The molecule has 0 saturated carbocycles. The Labute approximate surface area is 169 Å². The Morgan fingerprint density at radius 2 is 1.61 bits per heavy atom. The normalized spacial score (nSPS) is 11.4. The molecule has 0 saturated heterocycles. The highest BCUT2D eigenvalue weighted by atomic mass is 35.5. The maximum absolute atomic E-state index is 12.8. The lowest BCUT2D eigenvalue weighted by atomic mass is 10.1. The molecule has 2 amide bonds. The molecule has 0 aromatic heterocycles. The molecule has 0 unspecified atom stereocenters. The van der Waals surface area contributed by atoms with E-state index in [9.17, 15) is 14.4 Å². The summed E-state index contributed by atoms with van der Waals surface area (Å²) in [4.78, 5) is 38.8. The number of ether oxygens (including phenoxy) is 1. The quantitative estimate of drug-likeness (QED) is 0.688. The maximum atomic E-state index is 12.8. The molecule has 2 aromatic rings. The average Bonchev–Trinajstić information content (AvgIpc) is 2.72. The molecule has 0 radical (unpaired) electrons. The summed E-state index contributed by atoms with van der Waals surface area (Å²) < 4.78 is 5.42. The van der Waals surface area contributed by atoms with Crippen LogP contribution in [0.5, 0.6) is 0 Å². The van der Waals surface area contributed by atoms with Crippen molar-refractivity contribution in [2.45, 2.75) is 20.0 Å². The third-order valence-corrected chi connectivity index (χ3v) is 4.40. The predicted octanol–water partition coefficient (Wildman–Crippen LogP) is 3.22. The molecular weight excluding hydrogens is 380 g/mol. The highest BCUT2D eigenvalue weighted by Gasteiger charge is 2.28. The number of hydrogen-bond donors (Lipinski definition) is 1. The lowest BCUT2D eigenvalue weighted by Gasteiger charge is -2.25. The van der Waals surface area contributed by atoms with E-state index >= 15 is 0 Å². The number of nitrogens with zero attached hydrogens (tertiary/aromatic N) is 1. The van der Waals surface area contributed by atoms with E-state index in [-0.39, 0.29) is 12.5 Å². The van der Waals surface area contributed by atoms with E-state index in [4.69, 9.17) is 16.3 Å². The van der Waals surface area contributed by atoms with Gasteiger partial charge in [0.15, 0.2) is 0 Å². The largest absolute Gasteiger partial charge is 0.446 e. The van der Waals surface area contributed by atoms with Gasteiger partial charge in [-0.3, -0.25) is 14.4 Å². The van der Waals surface area contributed by atoms with E-state index in [0.29, 0.717) is 29.2 Å². The number of rotatable bonds is 8. The molecule has 0 aliphatic rings. The van der Waals surface area contributed by atoms with Crippen molar-refractivity contribution in [1.82, 2.24) is 10.2 Å². The van der Waals surface area contributed by atoms with Gasteiger partial charge in [0.25, 0.3) is 11.8 Å². The second kappa shape index (κ2) is 10.5. The Balaban J connectivity index is 2.04. The second-order valence-corrected chi connectivity index (χ2v) is 6.42. The minimum absolute atomic E-state index is 0.298. The number of halogens is 1. The first-order chi connectivity index (χ1) is 13.5. The molecule has 0 heterocycles. The molecule has 7 heteroatoms. The molecule has 0 bridgehead atoms. The molecular formula is C21H23ClN2O4. The van der Waals surface area contributed by atoms with Crippen LogP contribution >= 0.6 is 11.6 Å².